The standard InChI is InChI=1S/C22H25N5O2/c28-14-13-25-9-11-26(12-10-25)22(29)20-17-27(16-18-5-2-1-3-6-18)24-21(20)19-7-4-8-23-15-19/h1-8,15,17,28H,9-14,16H2/p+1. The van der Waals surface area contributed by atoms with Crippen molar-refractivity contribution >= 4 is 5.91 Å². The molecule has 1 aromatic carbocycles. The van der Waals surface area contributed by atoms with E-state index in [2.05, 4.69) is 17.1 Å². The van der Waals surface area contributed by atoms with Crippen molar-refractivity contribution in [1.29, 1.82) is 0 Å². The summed E-state index contributed by atoms with van der Waals surface area (Å²) in [6.45, 7) is 4.60. The minimum absolute atomic E-state index is 0.00575. The van der Waals surface area contributed by atoms with Crippen molar-refractivity contribution in [2.75, 3.05) is 39.3 Å². The lowest BCUT2D eigenvalue weighted by Crippen LogP contribution is -3.15. The van der Waals surface area contributed by atoms with Gasteiger partial charge in [-0.2, -0.15) is 5.10 Å². The second-order valence-corrected chi connectivity index (χ2v) is 7.33. The summed E-state index contributed by atoms with van der Waals surface area (Å²) in [5.41, 5.74) is 3.25. The summed E-state index contributed by atoms with van der Waals surface area (Å²) < 4.78 is 1.83. The molecule has 2 aromatic heterocycles. The predicted molar refractivity (Wildman–Crippen MR) is 110 cm³/mol. The van der Waals surface area contributed by atoms with E-state index >= 15 is 0 Å². The van der Waals surface area contributed by atoms with Gasteiger partial charge in [0.2, 0.25) is 0 Å². The highest BCUT2D eigenvalue weighted by atomic mass is 16.3. The Labute approximate surface area is 170 Å². The molecule has 0 radical (unpaired) electrons. The van der Waals surface area contributed by atoms with Crippen LogP contribution in [0, 0.1) is 0 Å². The second kappa shape index (κ2) is 8.98. The molecule has 0 atom stereocenters. The molecule has 0 unspecified atom stereocenters. The average Bonchev–Trinajstić information content (AvgIpc) is 3.19. The topological polar surface area (TPSA) is 75.7 Å². The van der Waals surface area contributed by atoms with Crippen LogP contribution in [0.1, 0.15) is 15.9 Å². The summed E-state index contributed by atoms with van der Waals surface area (Å²) >= 11 is 0. The molecule has 1 saturated heterocycles. The quantitative estimate of drug-likeness (QED) is 0.634. The zero-order chi connectivity index (χ0) is 20.1. The van der Waals surface area contributed by atoms with Crippen molar-refractivity contribution in [1.82, 2.24) is 19.7 Å². The number of aliphatic hydroxyl groups excluding tert-OH is 1. The van der Waals surface area contributed by atoms with Crippen LogP contribution in [0.5, 0.6) is 0 Å². The summed E-state index contributed by atoms with van der Waals surface area (Å²) in [6, 6.07) is 13.9. The molecule has 1 fully saturated rings. The Morgan fingerprint density at radius 1 is 1.10 bits per heavy atom. The number of carbonyl (C=O) groups is 1. The third-order valence-electron chi connectivity index (χ3n) is 5.34. The van der Waals surface area contributed by atoms with Gasteiger partial charge in [0.25, 0.3) is 5.91 Å². The zero-order valence-electron chi connectivity index (χ0n) is 16.4. The Balaban J connectivity index is 1.60. The highest BCUT2D eigenvalue weighted by Gasteiger charge is 2.27. The van der Waals surface area contributed by atoms with Gasteiger partial charge in [-0.15, -0.1) is 0 Å². The molecule has 1 aliphatic rings. The first-order valence-electron chi connectivity index (χ1n) is 10.00. The number of aliphatic hydroxyl groups is 1. The first-order valence-corrected chi connectivity index (χ1v) is 10.00. The number of hydrogen-bond acceptors (Lipinski definition) is 4. The molecule has 150 valence electrons. The van der Waals surface area contributed by atoms with E-state index in [0.29, 0.717) is 30.9 Å². The van der Waals surface area contributed by atoms with Gasteiger partial charge >= 0.3 is 0 Å². The van der Waals surface area contributed by atoms with E-state index in [1.54, 1.807) is 12.4 Å². The summed E-state index contributed by atoms with van der Waals surface area (Å²) in [4.78, 5) is 20.7. The number of hydrogen-bond donors (Lipinski definition) is 2. The lowest BCUT2D eigenvalue weighted by atomic mass is 10.1. The van der Waals surface area contributed by atoms with Crippen LogP contribution in [0.3, 0.4) is 0 Å². The van der Waals surface area contributed by atoms with Crippen molar-refractivity contribution in [3.8, 4) is 11.3 Å². The lowest BCUT2D eigenvalue weighted by Gasteiger charge is -2.31. The predicted octanol–water partition coefficient (Wildman–Crippen LogP) is 0.326. The van der Waals surface area contributed by atoms with Crippen LogP contribution in [-0.4, -0.2) is 70.0 Å². The smallest absolute Gasteiger partial charge is 0.258 e. The van der Waals surface area contributed by atoms with Crippen molar-refractivity contribution in [2.45, 2.75) is 6.54 Å². The maximum absolute atomic E-state index is 13.3. The number of quaternary nitrogens is 1. The van der Waals surface area contributed by atoms with E-state index in [-0.39, 0.29) is 12.5 Å². The van der Waals surface area contributed by atoms with Crippen LogP contribution in [0.25, 0.3) is 11.3 Å². The molecular formula is C22H26N5O2+. The van der Waals surface area contributed by atoms with E-state index in [1.807, 2.05) is 46.1 Å². The van der Waals surface area contributed by atoms with Crippen LogP contribution < -0.4 is 4.90 Å². The number of benzene rings is 1. The van der Waals surface area contributed by atoms with Crippen LogP contribution in [-0.2, 0) is 6.54 Å². The fourth-order valence-electron chi connectivity index (χ4n) is 3.75. The molecule has 0 aliphatic carbocycles. The Kier molecular flexibility index (Phi) is 5.97. The molecular weight excluding hydrogens is 366 g/mol. The highest BCUT2D eigenvalue weighted by Crippen LogP contribution is 2.23. The summed E-state index contributed by atoms with van der Waals surface area (Å²) in [5.74, 6) is 0.00575. The van der Waals surface area contributed by atoms with Crippen molar-refractivity contribution in [3.05, 3.63) is 72.2 Å². The third-order valence-corrected chi connectivity index (χ3v) is 5.34. The fourth-order valence-corrected chi connectivity index (χ4v) is 3.75. The molecule has 3 aromatic rings. The van der Waals surface area contributed by atoms with Crippen LogP contribution in [0.4, 0.5) is 0 Å². The summed E-state index contributed by atoms with van der Waals surface area (Å²) in [7, 11) is 0. The molecule has 3 heterocycles. The minimum atomic E-state index is 0.00575. The zero-order valence-corrected chi connectivity index (χ0v) is 16.4. The molecule has 1 amide bonds. The van der Waals surface area contributed by atoms with Gasteiger partial charge in [-0.1, -0.05) is 30.3 Å². The number of carbonyl (C=O) groups excluding carboxylic acids is 1. The molecule has 7 heteroatoms. The largest absolute Gasteiger partial charge is 0.391 e. The highest BCUT2D eigenvalue weighted by molar-refractivity contribution is 5.99. The van der Waals surface area contributed by atoms with Crippen molar-refractivity contribution in [2.24, 2.45) is 0 Å². The summed E-state index contributed by atoms with van der Waals surface area (Å²) in [6.07, 6.45) is 5.31. The number of nitrogens with zero attached hydrogens (tertiary/aromatic N) is 4. The van der Waals surface area contributed by atoms with E-state index in [0.717, 1.165) is 30.8 Å². The normalized spacial score (nSPS) is 14.9. The first-order chi connectivity index (χ1) is 14.2. The van der Waals surface area contributed by atoms with E-state index < -0.39 is 0 Å². The maximum Gasteiger partial charge on any atom is 0.258 e. The van der Waals surface area contributed by atoms with E-state index in [1.165, 1.54) is 4.90 Å². The lowest BCUT2D eigenvalue weighted by molar-refractivity contribution is -0.904. The van der Waals surface area contributed by atoms with Gasteiger partial charge in [0.05, 0.1) is 44.9 Å². The van der Waals surface area contributed by atoms with Gasteiger partial charge in [-0.05, 0) is 17.7 Å². The van der Waals surface area contributed by atoms with Crippen molar-refractivity contribution < 1.29 is 14.8 Å². The van der Waals surface area contributed by atoms with Crippen LogP contribution >= 0.6 is 0 Å². The first kappa shape index (κ1) is 19.3. The van der Waals surface area contributed by atoms with Crippen LogP contribution in [0.2, 0.25) is 0 Å². The van der Waals surface area contributed by atoms with Gasteiger partial charge < -0.3 is 14.9 Å². The van der Waals surface area contributed by atoms with E-state index in [4.69, 9.17) is 10.2 Å². The molecule has 2 N–H and O–H groups in total. The fraction of sp³-hybridized carbons (Fsp3) is 0.318. The summed E-state index contributed by atoms with van der Waals surface area (Å²) in [5, 5.41) is 13.9. The number of rotatable bonds is 6. The van der Waals surface area contributed by atoms with Gasteiger partial charge in [0, 0.05) is 24.2 Å². The van der Waals surface area contributed by atoms with Gasteiger partial charge in [-0.25, -0.2) is 0 Å². The third kappa shape index (κ3) is 4.52. The van der Waals surface area contributed by atoms with Crippen LogP contribution in [0.15, 0.2) is 61.1 Å². The number of piperazine rings is 1. The molecule has 4 rings (SSSR count). The van der Waals surface area contributed by atoms with Gasteiger partial charge in [-0.3, -0.25) is 14.5 Å². The molecule has 1 aliphatic heterocycles. The number of aromatic nitrogens is 3. The number of nitrogens with one attached hydrogen (secondary N) is 1. The van der Waals surface area contributed by atoms with E-state index in [9.17, 15) is 4.79 Å². The van der Waals surface area contributed by atoms with Crippen molar-refractivity contribution in [3.63, 3.8) is 0 Å². The molecule has 0 spiro atoms. The Morgan fingerprint density at radius 3 is 2.59 bits per heavy atom. The molecule has 0 saturated carbocycles. The Bertz CT molecular complexity index is 934. The van der Waals surface area contributed by atoms with Gasteiger partial charge in [0.1, 0.15) is 12.2 Å². The SMILES string of the molecule is O=C(c1cn(Cc2ccccc2)nc1-c1cccnc1)N1CC[NH+](CCO)CC1. The number of pyridine rings is 1. The monoisotopic (exact) mass is 392 g/mol. The molecule has 7 nitrogen and oxygen atoms in total. The minimum Gasteiger partial charge on any atom is -0.391 e. The molecule has 29 heavy (non-hydrogen) atoms. The molecule has 0 bridgehead atoms. The Hall–Kier alpha value is -3.03. The number of amides is 1. The van der Waals surface area contributed by atoms with Gasteiger partial charge in [0.15, 0.2) is 0 Å². The maximum atomic E-state index is 13.3. The second-order valence-electron chi connectivity index (χ2n) is 7.33. The average molecular weight is 392 g/mol. The Morgan fingerprint density at radius 2 is 1.90 bits per heavy atom.